The summed E-state index contributed by atoms with van der Waals surface area (Å²) >= 11 is 18.4. The molecule has 0 bridgehead atoms. The molecule has 1 aromatic carbocycles. The minimum atomic E-state index is 0.330. The molecule has 1 aliphatic rings. The van der Waals surface area contributed by atoms with Crippen molar-refractivity contribution in [2.24, 2.45) is 0 Å². The molecule has 0 spiro atoms. The van der Waals surface area contributed by atoms with E-state index < -0.39 is 0 Å². The largest absolute Gasteiger partial charge is 0.434 e. The van der Waals surface area contributed by atoms with Gasteiger partial charge in [0.05, 0.1) is 10.0 Å². The van der Waals surface area contributed by atoms with E-state index in [1.54, 1.807) is 12.1 Å². The van der Waals surface area contributed by atoms with Crippen molar-refractivity contribution in [2.75, 3.05) is 5.73 Å². The molecular weight excluding hydrogens is 333 g/mol. The zero-order valence-electron chi connectivity index (χ0n) is 11.0. The molecule has 7 heteroatoms. The maximum atomic E-state index is 6.14. The number of nitrogens with two attached hydrogens (primary N) is 1. The summed E-state index contributed by atoms with van der Waals surface area (Å²) in [6.45, 7) is 0. The Bertz CT molecular complexity index is 683. The third-order valence-electron chi connectivity index (χ3n) is 3.42. The van der Waals surface area contributed by atoms with Gasteiger partial charge in [-0.1, -0.05) is 34.8 Å². The summed E-state index contributed by atoms with van der Waals surface area (Å²) in [5.74, 6) is 0.736. The number of fused-ring (bicyclic) bond motifs is 1. The van der Waals surface area contributed by atoms with E-state index in [1.165, 1.54) is 0 Å². The van der Waals surface area contributed by atoms with E-state index in [0.717, 1.165) is 36.8 Å². The first-order valence-electron chi connectivity index (χ1n) is 6.52. The van der Waals surface area contributed by atoms with Crippen LogP contribution in [0, 0.1) is 0 Å². The Morgan fingerprint density at radius 2 is 1.57 bits per heavy atom. The van der Waals surface area contributed by atoms with Gasteiger partial charge in [-0.3, -0.25) is 0 Å². The van der Waals surface area contributed by atoms with Gasteiger partial charge in [0.15, 0.2) is 10.9 Å². The Kier molecular flexibility index (Phi) is 4.11. The van der Waals surface area contributed by atoms with Crippen LogP contribution >= 0.6 is 34.8 Å². The molecule has 0 saturated carbocycles. The summed E-state index contributed by atoms with van der Waals surface area (Å²) in [6.07, 6.45) is 3.88. The van der Waals surface area contributed by atoms with Crippen LogP contribution in [-0.2, 0) is 12.8 Å². The third-order valence-corrected chi connectivity index (χ3v) is 4.29. The van der Waals surface area contributed by atoms with Crippen molar-refractivity contribution in [3.8, 4) is 11.6 Å². The summed E-state index contributed by atoms with van der Waals surface area (Å²) in [6, 6.07) is 3.16. The molecule has 0 radical (unpaired) electrons. The van der Waals surface area contributed by atoms with Gasteiger partial charge in [0.2, 0.25) is 5.88 Å². The molecule has 0 saturated heterocycles. The number of ether oxygens (including phenoxy) is 1. The molecule has 1 heterocycles. The predicted octanol–water partition coefficient (Wildman–Crippen LogP) is 4.69. The van der Waals surface area contributed by atoms with E-state index in [9.17, 15) is 0 Å². The molecule has 1 aromatic heterocycles. The molecule has 4 nitrogen and oxygen atoms in total. The monoisotopic (exact) mass is 343 g/mol. The van der Waals surface area contributed by atoms with Gasteiger partial charge in [-0.05, 0) is 43.4 Å². The standard InChI is InChI=1S/C14H12Cl3N3O/c15-10-5-7(18)6-11(16)12(10)21-14-9-4-2-1-3-8(9)13(17)19-20-14/h5-6H,1-4,18H2. The summed E-state index contributed by atoms with van der Waals surface area (Å²) in [7, 11) is 0. The van der Waals surface area contributed by atoms with E-state index in [1.807, 2.05) is 0 Å². The average molecular weight is 345 g/mol. The zero-order valence-corrected chi connectivity index (χ0v) is 13.3. The van der Waals surface area contributed by atoms with Crippen molar-refractivity contribution >= 4 is 40.5 Å². The first kappa shape index (κ1) is 14.7. The molecule has 0 amide bonds. The zero-order chi connectivity index (χ0) is 15.0. The summed E-state index contributed by atoms with van der Waals surface area (Å²) < 4.78 is 5.80. The van der Waals surface area contributed by atoms with Crippen molar-refractivity contribution in [1.82, 2.24) is 10.2 Å². The number of anilines is 1. The maximum Gasteiger partial charge on any atom is 0.242 e. The highest BCUT2D eigenvalue weighted by atomic mass is 35.5. The number of nitrogens with zero attached hydrogens (tertiary/aromatic N) is 2. The minimum absolute atomic E-state index is 0.330. The lowest BCUT2D eigenvalue weighted by Gasteiger charge is -2.19. The van der Waals surface area contributed by atoms with E-state index >= 15 is 0 Å². The number of benzene rings is 1. The Hall–Kier alpha value is -1.23. The molecule has 0 unspecified atom stereocenters. The second-order valence-corrected chi connectivity index (χ2v) is 6.05. The van der Waals surface area contributed by atoms with Crippen LogP contribution in [0.25, 0.3) is 0 Å². The Morgan fingerprint density at radius 3 is 2.24 bits per heavy atom. The van der Waals surface area contributed by atoms with Gasteiger partial charge in [-0.15, -0.1) is 10.2 Å². The van der Waals surface area contributed by atoms with E-state index in [-0.39, 0.29) is 0 Å². The lowest BCUT2D eigenvalue weighted by atomic mass is 9.94. The minimum Gasteiger partial charge on any atom is -0.434 e. The van der Waals surface area contributed by atoms with Crippen molar-refractivity contribution < 1.29 is 4.74 Å². The first-order valence-corrected chi connectivity index (χ1v) is 7.66. The first-order chi connectivity index (χ1) is 10.1. The van der Waals surface area contributed by atoms with Crippen molar-refractivity contribution in [3.05, 3.63) is 38.5 Å². The highest BCUT2D eigenvalue weighted by Gasteiger charge is 2.21. The molecule has 0 aliphatic heterocycles. The predicted molar refractivity (Wildman–Crippen MR) is 84.6 cm³/mol. The third kappa shape index (κ3) is 2.89. The summed E-state index contributed by atoms with van der Waals surface area (Å²) in [5.41, 5.74) is 8.13. The number of hydrogen-bond donors (Lipinski definition) is 1. The number of nitrogen functional groups attached to an aromatic ring is 1. The van der Waals surface area contributed by atoms with Gasteiger partial charge in [-0.2, -0.15) is 0 Å². The van der Waals surface area contributed by atoms with Crippen LogP contribution < -0.4 is 10.5 Å². The van der Waals surface area contributed by atoms with Crippen molar-refractivity contribution in [2.45, 2.75) is 25.7 Å². The fraction of sp³-hybridized carbons (Fsp3) is 0.286. The fourth-order valence-corrected chi connectivity index (χ4v) is 3.26. The Morgan fingerprint density at radius 1 is 0.952 bits per heavy atom. The quantitative estimate of drug-likeness (QED) is 0.803. The number of halogens is 3. The summed E-state index contributed by atoms with van der Waals surface area (Å²) in [4.78, 5) is 0. The van der Waals surface area contributed by atoms with Crippen LogP contribution in [0.3, 0.4) is 0 Å². The van der Waals surface area contributed by atoms with Crippen LogP contribution in [-0.4, -0.2) is 10.2 Å². The van der Waals surface area contributed by atoms with Gasteiger partial charge in [0.1, 0.15) is 0 Å². The molecular formula is C14H12Cl3N3O. The van der Waals surface area contributed by atoms with E-state index in [0.29, 0.717) is 32.5 Å². The summed E-state index contributed by atoms with van der Waals surface area (Å²) in [5, 5.41) is 9.09. The molecule has 0 atom stereocenters. The molecule has 2 aromatic rings. The van der Waals surface area contributed by atoms with E-state index in [2.05, 4.69) is 10.2 Å². The molecule has 21 heavy (non-hydrogen) atoms. The van der Waals surface area contributed by atoms with Gasteiger partial charge in [0.25, 0.3) is 0 Å². The maximum absolute atomic E-state index is 6.14. The van der Waals surface area contributed by atoms with Crippen molar-refractivity contribution in [3.63, 3.8) is 0 Å². The lowest BCUT2D eigenvalue weighted by Crippen LogP contribution is -2.09. The van der Waals surface area contributed by atoms with Crippen LogP contribution in [0.2, 0.25) is 15.2 Å². The topological polar surface area (TPSA) is 61.0 Å². The van der Waals surface area contributed by atoms with Gasteiger partial charge < -0.3 is 10.5 Å². The highest BCUT2D eigenvalue weighted by Crippen LogP contribution is 2.40. The van der Waals surface area contributed by atoms with E-state index in [4.69, 9.17) is 45.3 Å². The molecule has 3 rings (SSSR count). The normalized spacial score (nSPS) is 13.9. The van der Waals surface area contributed by atoms with Crippen LogP contribution in [0.4, 0.5) is 5.69 Å². The van der Waals surface area contributed by atoms with Crippen LogP contribution in [0.1, 0.15) is 24.0 Å². The molecule has 110 valence electrons. The number of aromatic nitrogens is 2. The highest BCUT2D eigenvalue weighted by molar-refractivity contribution is 6.37. The molecule has 1 aliphatic carbocycles. The second kappa shape index (κ2) is 5.87. The van der Waals surface area contributed by atoms with Crippen LogP contribution in [0.15, 0.2) is 12.1 Å². The number of rotatable bonds is 2. The fourth-order valence-electron chi connectivity index (χ4n) is 2.43. The Labute approximate surface area is 137 Å². The SMILES string of the molecule is Nc1cc(Cl)c(Oc2nnc(Cl)c3c2CCCC3)c(Cl)c1. The van der Waals surface area contributed by atoms with Crippen molar-refractivity contribution in [1.29, 1.82) is 0 Å². The van der Waals surface area contributed by atoms with Crippen LogP contribution in [0.5, 0.6) is 11.6 Å². The smallest absolute Gasteiger partial charge is 0.242 e. The lowest BCUT2D eigenvalue weighted by molar-refractivity contribution is 0.442. The van der Waals surface area contributed by atoms with Gasteiger partial charge in [-0.25, -0.2) is 0 Å². The number of hydrogen-bond acceptors (Lipinski definition) is 4. The second-order valence-electron chi connectivity index (χ2n) is 4.88. The van der Waals surface area contributed by atoms with Gasteiger partial charge in [0, 0.05) is 11.3 Å². The average Bonchev–Trinajstić information content (AvgIpc) is 2.45. The molecule has 0 fully saturated rings. The molecule has 2 N–H and O–H groups in total. The van der Waals surface area contributed by atoms with Gasteiger partial charge >= 0.3 is 0 Å². The Balaban J connectivity index is 2.03.